The van der Waals surface area contributed by atoms with Crippen LogP contribution in [0, 0.1) is 11.3 Å². The van der Waals surface area contributed by atoms with Gasteiger partial charge in [-0.15, -0.1) is 0 Å². The van der Waals surface area contributed by atoms with Crippen molar-refractivity contribution in [2.24, 2.45) is 5.73 Å². The molecule has 2 unspecified atom stereocenters. The molecule has 1 aromatic rings. The van der Waals surface area contributed by atoms with Crippen molar-refractivity contribution in [1.29, 1.82) is 5.26 Å². The van der Waals surface area contributed by atoms with Crippen molar-refractivity contribution in [3.05, 3.63) is 29.3 Å². The van der Waals surface area contributed by atoms with Gasteiger partial charge in [0.25, 0.3) is 0 Å². The molecule has 5 heteroatoms. The van der Waals surface area contributed by atoms with Crippen molar-refractivity contribution < 1.29 is 8.95 Å². The van der Waals surface area contributed by atoms with Gasteiger partial charge in [-0.25, -0.2) is 0 Å². The van der Waals surface area contributed by atoms with E-state index >= 15 is 0 Å². The van der Waals surface area contributed by atoms with Crippen LogP contribution in [0.2, 0.25) is 0 Å². The number of nitrogens with two attached hydrogens (primary N) is 1. The van der Waals surface area contributed by atoms with Gasteiger partial charge in [0, 0.05) is 28.3 Å². The topological polar surface area (TPSA) is 76.1 Å². The van der Waals surface area contributed by atoms with E-state index in [0.29, 0.717) is 22.8 Å². The Bertz CT molecular complexity index is 467. The molecular formula is C13H18N2O2S. The standard InChI is InChI=1S/C13H18N2O2S/c1-10(15)5-6-18(16)9-11-3-4-12(8-14)13(7-11)17-2/h3-4,7,10H,5-6,9,15H2,1-2H3. The van der Waals surface area contributed by atoms with E-state index in [2.05, 4.69) is 0 Å². The van der Waals surface area contributed by atoms with Gasteiger partial charge >= 0.3 is 0 Å². The van der Waals surface area contributed by atoms with Crippen LogP contribution in [0.5, 0.6) is 5.75 Å². The lowest BCUT2D eigenvalue weighted by Gasteiger charge is -2.07. The highest BCUT2D eigenvalue weighted by atomic mass is 32.2. The molecule has 0 fully saturated rings. The van der Waals surface area contributed by atoms with Crippen molar-refractivity contribution in [3.8, 4) is 11.8 Å². The van der Waals surface area contributed by atoms with Crippen LogP contribution in [0.3, 0.4) is 0 Å². The SMILES string of the molecule is COc1cc(CS(=O)CCC(C)N)ccc1C#N. The van der Waals surface area contributed by atoms with Crippen molar-refractivity contribution in [1.82, 2.24) is 0 Å². The van der Waals surface area contributed by atoms with Crippen LogP contribution in [0.4, 0.5) is 0 Å². The van der Waals surface area contributed by atoms with Crippen molar-refractivity contribution in [2.45, 2.75) is 25.1 Å². The number of nitriles is 1. The Labute approximate surface area is 110 Å². The van der Waals surface area contributed by atoms with Crippen LogP contribution < -0.4 is 10.5 Å². The Kier molecular flexibility index (Phi) is 5.83. The van der Waals surface area contributed by atoms with Gasteiger partial charge in [-0.2, -0.15) is 5.26 Å². The molecule has 0 aliphatic carbocycles. The summed E-state index contributed by atoms with van der Waals surface area (Å²) >= 11 is 0. The number of rotatable bonds is 6. The highest BCUT2D eigenvalue weighted by Crippen LogP contribution is 2.20. The second-order valence-electron chi connectivity index (χ2n) is 4.20. The van der Waals surface area contributed by atoms with E-state index < -0.39 is 10.8 Å². The molecule has 0 aliphatic rings. The Hall–Kier alpha value is -1.38. The molecule has 1 aromatic carbocycles. The van der Waals surface area contributed by atoms with E-state index in [4.69, 9.17) is 15.7 Å². The van der Waals surface area contributed by atoms with Gasteiger partial charge in [0.1, 0.15) is 11.8 Å². The first-order valence-electron chi connectivity index (χ1n) is 5.74. The lowest BCUT2D eigenvalue weighted by Crippen LogP contribution is -2.18. The summed E-state index contributed by atoms with van der Waals surface area (Å²) in [6.07, 6.45) is 0.750. The summed E-state index contributed by atoms with van der Waals surface area (Å²) in [7, 11) is 0.592. The first kappa shape index (κ1) is 14.7. The van der Waals surface area contributed by atoms with Gasteiger partial charge in [-0.3, -0.25) is 4.21 Å². The fourth-order valence-electron chi connectivity index (χ4n) is 1.49. The number of ether oxygens (including phenoxy) is 1. The molecule has 2 N–H and O–H groups in total. The van der Waals surface area contributed by atoms with Crippen LogP contribution in [-0.4, -0.2) is 23.1 Å². The molecule has 0 aromatic heterocycles. The monoisotopic (exact) mass is 266 g/mol. The van der Waals surface area contributed by atoms with Crippen LogP contribution in [-0.2, 0) is 16.6 Å². The first-order chi connectivity index (χ1) is 8.56. The number of hydrogen-bond donors (Lipinski definition) is 1. The zero-order valence-electron chi connectivity index (χ0n) is 10.7. The van der Waals surface area contributed by atoms with Crippen LogP contribution in [0.25, 0.3) is 0 Å². The van der Waals surface area contributed by atoms with E-state index in [1.165, 1.54) is 7.11 Å². The summed E-state index contributed by atoms with van der Waals surface area (Å²) < 4.78 is 16.9. The maximum atomic E-state index is 11.8. The lowest BCUT2D eigenvalue weighted by atomic mass is 10.1. The van der Waals surface area contributed by atoms with Gasteiger partial charge in [0.2, 0.25) is 0 Å². The Balaban J connectivity index is 2.68. The van der Waals surface area contributed by atoms with Crippen molar-refractivity contribution in [2.75, 3.05) is 12.9 Å². The number of methoxy groups -OCH3 is 1. The molecule has 0 saturated carbocycles. The average molecular weight is 266 g/mol. The molecule has 18 heavy (non-hydrogen) atoms. The van der Waals surface area contributed by atoms with Crippen LogP contribution >= 0.6 is 0 Å². The van der Waals surface area contributed by atoms with Crippen LogP contribution in [0.15, 0.2) is 18.2 Å². The van der Waals surface area contributed by atoms with Crippen LogP contribution in [0.1, 0.15) is 24.5 Å². The van der Waals surface area contributed by atoms with Gasteiger partial charge in [-0.05, 0) is 31.0 Å². The third-order valence-corrected chi connectivity index (χ3v) is 3.86. The van der Waals surface area contributed by atoms with Crippen molar-refractivity contribution >= 4 is 10.8 Å². The fraction of sp³-hybridized carbons (Fsp3) is 0.462. The van der Waals surface area contributed by atoms with Gasteiger partial charge in [0.15, 0.2) is 0 Å². The second-order valence-corrected chi connectivity index (χ2v) is 5.78. The highest BCUT2D eigenvalue weighted by molar-refractivity contribution is 7.84. The third kappa shape index (κ3) is 4.47. The minimum Gasteiger partial charge on any atom is -0.495 e. The molecular weight excluding hydrogens is 248 g/mol. The average Bonchev–Trinajstić information content (AvgIpc) is 2.36. The molecule has 4 nitrogen and oxygen atoms in total. The summed E-state index contributed by atoms with van der Waals surface area (Å²) in [6.45, 7) is 1.90. The molecule has 0 spiro atoms. The molecule has 2 atom stereocenters. The quantitative estimate of drug-likeness (QED) is 0.847. The molecule has 1 rings (SSSR count). The van der Waals surface area contributed by atoms with E-state index in [9.17, 15) is 4.21 Å². The summed E-state index contributed by atoms with van der Waals surface area (Å²) in [6, 6.07) is 7.39. The Morgan fingerprint density at radius 3 is 2.83 bits per heavy atom. The largest absolute Gasteiger partial charge is 0.495 e. The number of benzene rings is 1. The zero-order valence-corrected chi connectivity index (χ0v) is 11.5. The fourth-order valence-corrected chi connectivity index (χ4v) is 2.82. The summed E-state index contributed by atoms with van der Waals surface area (Å²) in [5.41, 5.74) is 7.03. The lowest BCUT2D eigenvalue weighted by molar-refractivity contribution is 0.413. The summed E-state index contributed by atoms with van der Waals surface area (Å²) in [4.78, 5) is 0. The first-order valence-corrected chi connectivity index (χ1v) is 7.23. The van der Waals surface area contributed by atoms with Gasteiger partial charge < -0.3 is 10.5 Å². The predicted octanol–water partition coefficient (Wildman–Crippen LogP) is 1.55. The van der Waals surface area contributed by atoms with Gasteiger partial charge in [-0.1, -0.05) is 6.07 Å². The maximum Gasteiger partial charge on any atom is 0.136 e. The number of nitrogens with zero attached hydrogens (tertiary/aromatic N) is 1. The summed E-state index contributed by atoms with van der Waals surface area (Å²) in [5.74, 6) is 1.59. The molecule has 0 radical (unpaired) electrons. The molecule has 0 aliphatic heterocycles. The molecule has 0 amide bonds. The van der Waals surface area contributed by atoms with Crippen molar-refractivity contribution in [3.63, 3.8) is 0 Å². The zero-order chi connectivity index (χ0) is 13.5. The van der Waals surface area contributed by atoms with Gasteiger partial charge in [0.05, 0.1) is 12.7 Å². The maximum absolute atomic E-state index is 11.8. The summed E-state index contributed by atoms with van der Waals surface area (Å²) in [5, 5.41) is 8.86. The molecule has 98 valence electrons. The van der Waals surface area contributed by atoms with E-state index in [1.54, 1.807) is 12.1 Å². The van der Waals surface area contributed by atoms with E-state index in [1.807, 2.05) is 19.1 Å². The smallest absolute Gasteiger partial charge is 0.136 e. The van der Waals surface area contributed by atoms with E-state index in [0.717, 1.165) is 12.0 Å². The normalized spacial score (nSPS) is 13.7. The Morgan fingerprint density at radius 2 is 2.28 bits per heavy atom. The minimum absolute atomic E-state index is 0.0736. The molecule has 0 bridgehead atoms. The number of hydrogen-bond acceptors (Lipinski definition) is 4. The molecule has 0 heterocycles. The second kappa shape index (κ2) is 7.14. The highest BCUT2D eigenvalue weighted by Gasteiger charge is 2.07. The minimum atomic E-state index is -0.929. The third-order valence-electron chi connectivity index (χ3n) is 2.51. The molecule has 0 saturated heterocycles. The van der Waals surface area contributed by atoms with E-state index in [-0.39, 0.29) is 6.04 Å². The Morgan fingerprint density at radius 1 is 1.56 bits per heavy atom. The predicted molar refractivity (Wildman–Crippen MR) is 72.7 cm³/mol.